The van der Waals surface area contributed by atoms with Crippen LogP contribution in [-0.4, -0.2) is 25.0 Å². The lowest BCUT2D eigenvalue weighted by atomic mass is 10.3. The number of aryl methyl sites for hydroxylation is 1. The predicted octanol–water partition coefficient (Wildman–Crippen LogP) is 3.89. The first-order chi connectivity index (χ1) is 9.15. The molecule has 102 valence electrons. The number of hydrogen-bond donors (Lipinski definition) is 1. The second kappa shape index (κ2) is 6.78. The van der Waals surface area contributed by atoms with Crippen LogP contribution in [0.5, 0.6) is 0 Å². The van der Waals surface area contributed by atoms with Gasteiger partial charge in [0.25, 0.3) is 0 Å². The van der Waals surface area contributed by atoms with Crippen LogP contribution in [-0.2, 0) is 6.54 Å². The summed E-state index contributed by atoms with van der Waals surface area (Å²) in [5.74, 6) is 1.98. The summed E-state index contributed by atoms with van der Waals surface area (Å²) in [6.07, 6.45) is 0. The highest BCUT2D eigenvalue weighted by Gasteiger charge is 2.04. The Kier molecular flexibility index (Phi) is 5.05. The lowest BCUT2D eigenvalue weighted by Crippen LogP contribution is -2.24. The third-order valence-corrected chi connectivity index (χ3v) is 3.60. The van der Waals surface area contributed by atoms with Crippen LogP contribution in [0.3, 0.4) is 0 Å². The van der Waals surface area contributed by atoms with E-state index in [-0.39, 0.29) is 0 Å². The molecule has 1 heterocycles. The molecule has 0 aliphatic heterocycles. The zero-order valence-electron chi connectivity index (χ0n) is 11.3. The van der Waals surface area contributed by atoms with Gasteiger partial charge < -0.3 is 9.73 Å². The fourth-order valence-corrected chi connectivity index (χ4v) is 2.33. The summed E-state index contributed by atoms with van der Waals surface area (Å²) in [6.45, 7) is 4.67. The van der Waals surface area contributed by atoms with E-state index in [0.29, 0.717) is 0 Å². The molecule has 19 heavy (non-hydrogen) atoms. The van der Waals surface area contributed by atoms with Crippen LogP contribution in [0, 0.1) is 6.92 Å². The largest absolute Gasteiger partial charge is 0.465 e. The molecule has 1 aromatic heterocycles. The molecule has 0 saturated heterocycles. The molecule has 1 N–H and O–H groups in total. The van der Waals surface area contributed by atoms with Gasteiger partial charge >= 0.3 is 0 Å². The van der Waals surface area contributed by atoms with Crippen LogP contribution < -0.4 is 5.32 Å². The Labute approximate surface area is 122 Å². The Morgan fingerprint density at radius 3 is 2.68 bits per heavy atom. The lowest BCUT2D eigenvalue weighted by molar-refractivity contribution is 0.302. The number of hydrogen-bond acceptors (Lipinski definition) is 3. The molecule has 0 spiro atoms. The first-order valence-corrected chi connectivity index (χ1v) is 7.17. The highest BCUT2D eigenvalue weighted by molar-refractivity contribution is 9.10. The van der Waals surface area contributed by atoms with Crippen molar-refractivity contribution in [1.82, 2.24) is 4.90 Å². The van der Waals surface area contributed by atoms with Gasteiger partial charge in [-0.1, -0.05) is 12.1 Å². The van der Waals surface area contributed by atoms with E-state index in [1.807, 2.05) is 37.3 Å². The normalized spacial score (nSPS) is 10.9. The number of nitrogens with one attached hydrogen (secondary N) is 1. The monoisotopic (exact) mass is 322 g/mol. The van der Waals surface area contributed by atoms with Gasteiger partial charge in [-0.25, -0.2) is 0 Å². The molecule has 0 fully saturated rings. The van der Waals surface area contributed by atoms with Crippen LogP contribution in [0.15, 0.2) is 45.3 Å². The van der Waals surface area contributed by atoms with Crippen LogP contribution in [0.25, 0.3) is 0 Å². The van der Waals surface area contributed by atoms with Gasteiger partial charge in [0, 0.05) is 23.2 Å². The molecule has 0 aliphatic carbocycles. The first-order valence-electron chi connectivity index (χ1n) is 6.37. The summed E-state index contributed by atoms with van der Waals surface area (Å²) in [5, 5.41) is 3.42. The Balaban J connectivity index is 1.75. The number of furan rings is 1. The van der Waals surface area contributed by atoms with Gasteiger partial charge in [0.2, 0.25) is 0 Å². The molecule has 0 aliphatic rings. The maximum atomic E-state index is 5.57. The minimum atomic E-state index is 0.839. The summed E-state index contributed by atoms with van der Waals surface area (Å²) in [5.41, 5.74) is 1.13. The van der Waals surface area contributed by atoms with Gasteiger partial charge in [-0.05, 0) is 54.2 Å². The summed E-state index contributed by atoms with van der Waals surface area (Å²) < 4.78 is 6.66. The van der Waals surface area contributed by atoms with Gasteiger partial charge in [-0.3, -0.25) is 4.90 Å². The van der Waals surface area contributed by atoms with E-state index in [1.54, 1.807) is 0 Å². The van der Waals surface area contributed by atoms with Crippen molar-refractivity contribution in [2.24, 2.45) is 0 Å². The van der Waals surface area contributed by atoms with Crippen molar-refractivity contribution in [2.75, 3.05) is 25.5 Å². The Bertz CT molecular complexity index is 524. The number of benzene rings is 1. The molecule has 3 nitrogen and oxygen atoms in total. The van der Waals surface area contributed by atoms with Crippen molar-refractivity contribution in [3.63, 3.8) is 0 Å². The molecule has 2 aromatic rings. The van der Waals surface area contributed by atoms with Crippen molar-refractivity contribution in [1.29, 1.82) is 0 Å². The lowest BCUT2D eigenvalue weighted by Gasteiger charge is -2.16. The molecule has 1 aromatic carbocycles. The maximum absolute atomic E-state index is 5.57. The van der Waals surface area contributed by atoms with Crippen LogP contribution in [0.1, 0.15) is 11.5 Å². The number of nitrogens with zero attached hydrogens (tertiary/aromatic N) is 1. The zero-order valence-corrected chi connectivity index (χ0v) is 12.9. The topological polar surface area (TPSA) is 28.4 Å². The Morgan fingerprint density at radius 1 is 1.21 bits per heavy atom. The molecule has 0 atom stereocenters. The zero-order chi connectivity index (χ0) is 13.7. The van der Waals surface area contributed by atoms with Gasteiger partial charge in [0.1, 0.15) is 11.5 Å². The van der Waals surface area contributed by atoms with E-state index in [2.05, 4.69) is 39.3 Å². The highest BCUT2D eigenvalue weighted by atomic mass is 79.9. The van der Waals surface area contributed by atoms with Crippen molar-refractivity contribution in [3.8, 4) is 0 Å². The summed E-state index contributed by atoms with van der Waals surface area (Å²) in [4.78, 5) is 2.24. The number of para-hydroxylation sites is 1. The van der Waals surface area contributed by atoms with E-state index in [1.165, 1.54) is 0 Å². The molecule has 4 heteroatoms. The smallest absolute Gasteiger partial charge is 0.118 e. The van der Waals surface area contributed by atoms with E-state index < -0.39 is 0 Å². The Morgan fingerprint density at radius 2 is 2.00 bits per heavy atom. The van der Waals surface area contributed by atoms with E-state index in [4.69, 9.17) is 4.42 Å². The number of halogens is 1. The van der Waals surface area contributed by atoms with E-state index in [0.717, 1.165) is 41.3 Å². The third kappa shape index (κ3) is 4.40. The van der Waals surface area contributed by atoms with Gasteiger partial charge in [0.05, 0.1) is 6.54 Å². The summed E-state index contributed by atoms with van der Waals surface area (Å²) in [6, 6.07) is 12.2. The predicted molar refractivity (Wildman–Crippen MR) is 82.4 cm³/mol. The van der Waals surface area contributed by atoms with Crippen molar-refractivity contribution < 1.29 is 4.42 Å². The summed E-state index contributed by atoms with van der Waals surface area (Å²) >= 11 is 3.53. The second-order valence-electron chi connectivity index (χ2n) is 4.66. The third-order valence-electron chi connectivity index (χ3n) is 2.90. The quantitative estimate of drug-likeness (QED) is 0.874. The molecular weight excluding hydrogens is 304 g/mol. The van der Waals surface area contributed by atoms with Crippen molar-refractivity contribution in [3.05, 3.63) is 52.4 Å². The van der Waals surface area contributed by atoms with E-state index >= 15 is 0 Å². The molecule has 0 saturated carbocycles. The number of anilines is 1. The fraction of sp³-hybridized carbons (Fsp3) is 0.333. The van der Waals surface area contributed by atoms with Crippen molar-refractivity contribution >= 4 is 21.6 Å². The maximum Gasteiger partial charge on any atom is 0.118 e. The van der Waals surface area contributed by atoms with Gasteiger partial charge in [-0.15, -0.1) is 0 Å². The molecule has 0 radical (unpaired) electrons. The molecule has 2 rings (SSSR count). The van der Waals surface area contributed by atoms with Gasteiger partial charge in [0.15, 0.2) is 0 Å². The molecule has 0 unspecified atom stereocenters. The molecule has 0 bridgehead atoms. The van der Waals surface area contributed by atoms with Crippen LogP contribution in [0.4, 0.5) is 5.69 Å². The first kappa shape index (κ1) is 14.2. The van der Waals surface area contributed by atoms with Crippen molar-refractivity contribution in [2.45, 2.75) is 13.5 Å². The Hall–Kier alpha value is -1.26. The molecule has 0 amide bonds. The number of rotatable bonds is 6. The standard InChI is InChI=1S/C15H19BrN2O/c1-12-7-8-13(19-12)11-18(2)10-9-17-15-6-4-3-5-14(15)16/h3-8,17H,9-11H2,1-2H3. The summed E-state index contributed by atoms with van der Waals surface area (Å²) in [7, 11) is 2.10. The minimum Gasteiger partial charge on any atom is -0.465 e. The van der Waals surface area contributed by atoms with Gasteiger partial charge in [-0.2, -0.15) is 0 Å². The number of likely N-dealkylation sites (N-methyl/N-ethyl adjacent to an activating group) is 1. The second-order valence-corrected chi connectivity index (χ2v) is 5.51. The van der Waals surface area contributed by atoms with Crippen LogP contribution in [0.2, 0.25) is 0 Å². The fourth-order valence-electron chi connectivity index (χ4n) is 1.90. The minimum absolute atomic E-state index is 0.839. The molecular formula is C15H19BrN2O. The SMILES string of the molecule is Cc1ccc(CN(C)CCNc2ccccc2Br)o1. The average Bonchev–Trinajstić information content (AvgIpc) is 2.77. The van der Waals surface area contributed by atoms with E-state index in [9.17, 15) is 0 Å². The van der Waals surface area contributed by atoms with Crippen LogP contribution >= 0.6 is 15.9 Å². The highest BCUT2D eigenvalue weighted by Crippen LogP contribution is 2.20. The average molecular weight is 323 g/mol.